The summed E-state index contributed by atoms with van der Waals surface area (Å²) in [5, 5.41) is 3.66. The van der Waals surface area contributed by atoms with Crippen LogP contribution >= 0.6 is 0 Å². The van der Waals surface area contributed by atoms with E-state index in [2.05, 4.69) is 50.0 Å². The van der Waals surface area contributed by atoms with Crippen LogP contribution in [0.15, 0.2) is 53.5 Å². The molecule has 31 heavy (non-hydrogen) atoms. The molecule has 0 radical (unpaired) electrons. The molecular formula is C23H26N6O2. The molecule has 2 unspecified atom stereocenters. The van der Waals surface area contributed by atoms with Gasteiger partial charge in [0.2, 0.25) is 11.9 Å². The van der Waals surface area contributed by atoms with Crippen LogP contribution in [-0.2, 0) is 4.74 Å². The molecule has 3 aromatic rings. The van der Waals surface area contributed by atoms with Crippen molar-refractivity contribution < 1.29 is 9.47 Å². The van der Waals surface area contributed by atoms with Crippen molar-refractivity contribution >= 4 is 22.9 Å². The number of rotatable bonds is 4. The Morgan fingerprint density at radius 1 is 1.19 bits per heavy atom. The molecule has 0 aliphatic carbocycles. The van der Waals surface area contributed by atoms with Crippen molar-refractivity contribution in [1.29, 1.82) is 0 Å². The van der Waals surface area contributed by atoms with Gasteiger partial charge >= 0.3 is 0 Å². The number of fused-ring (bicyclic) bond motifs is 5. The van der Waals surface area contributed by atoms with Gasteiger partial charge in [-0.25, -0.2) is 9.98 Å². The number of hydrogen-bond acceptors (Lipinski definition) is 7. The van der Waals surface area contributed by atoms with Crippen LogP contribution in [0.2, 0.25) is 0 Å². The normalized spacial score (nSPS) is 23.3. The Bertz CT molecular complexity index is 1140. The lowest BCUT2D eigenvalue weighted by molar-refractivity contribution is 0.0732. The molecule has 2 atom stereocenters. The van der Waals surface area contributed by atoms with Gasteiger partial charge in [-0.3, -0.25) is 14.4 Å². The fraction of sp³-hybridized carbons (Fsp3) is 0.391. The molecule has 0 spiro atoms. The van der Waals surface area contributed by atoms with Gasteiger partial charge in [0.25, 0.3) is 0 Å². The maximum absolute atomic E-state index is 5.85. The van der Waals surface area contributed by atoms with Crippen LogP contribution in [0.5, 0.6) is 5.75 Å². The van der Waals surface area contributed by atoms with E-state index < -0.39 is 0 Å². The van der Waals surface area contributed by atoms with Gasteiger partial charge in [-0.1, -0.05) is 24.3 Å². The monoisotopic (exact) mass is 418 g/mol. The third-order valence-corrected chi connectivity index (χ3v) is 6.26. The first-order valence-corrected chi connectivity index (χ1v) is 10.8. The number of aromatic nitrogens is 2. The first kappa shape index (κ1) is 18.7. The molecule has 1 aromatic heterocycles. The van der Waals surface area contributed by atoms with E-state index in [0.29, 0.717) is 12.8 Å². The molecule has 0 saturated carbocycles. The summed E-state index contributed by atoms with van der Waals surface area (Å²) in [6, 6.07) is 16.4. The molecule has 6 rings (SSSR count). The molecule has 0 bridgehead atoms. The minimum Gasteiger partial charge on any atom is -0.497 e. The largest absolute Gasteiger partial charge is 0.497 e. The van der Waals surface area contributed by atoms with Crippen LogP contribution in [0.4, 0.5) is 5.95 Å². The SMILES string of the molecule is COc1cccc(C2NC3=NCN(CC4CCCO4)CN3c3nc4ccccc4n32)c1. The smallest absolute Gasteiger partial charge is 0.216 e. The summed E-state index contributed by atoms with van der Waals surface area (Å²) in [6.07, 6.45) is 2.47. The van der Waals surface area contributed by atoms with Crippen molar-refractivity contribution in [3.8, 4) is 5.75 Å². The van der Waals surface area contributed by atoms with E-state index in [0.717, 1.165) is 66.9 Å². The predicted octanol–water partition coefficient (Wildman–Crippen LogP) is 2.77. The fourth-order valence-corrected chi connectivity index (χ4v) is 4.74. The molecule has 0 amide bonds. The van der Waals surface area contributed by atoms with Crippen molar-refractivity contribution in [1.82, 2.24) is 19.8 Å². The summed E-state index contributed by atoms with van der Waals surface area (Å²) in [5.41, 5.74) is 3.17. The molecule has 1 N–H and O–H groups in total. The molecule has 3 aliphatic heterocycles. The summed E-state index contributed by atoms with van der Waals surface area (Å²) in [4.78, 5) is 14.4. The van der Waals surface area contributed by atoms with E-state index in [9.17, 15) is 0 Å². The van der Waals surface area contributed by atoms with E-state index in [1.165, 1.54) is 0 Å². The first-order chi connectivity index (χ1) is 15.3. The summed E-state index contributed by atoms with van der Waals surface area (Å²) in [7, 11) is 1.70. The van der Waals surface area contributed by atoms with E-state index in [1.54, 1.807) is 7.11 Å². The molecular weight excluding hydrogens is 392 g/mol. The van der Waals surface area contributed by atoms with Crippen LogP contribution in [0.3, 0.4) is 0 Å². The second kappa shape index (κ2) is 7.55. The topological polar surface area (TPSA) is 67.2 Å². The Kier molecular flexibility index (Phi) is 4.54. The Morgan fingerprint density at radius 3 is 3.00 bits per heavy atom. The lowest BCUT2D eigenvalue weighted by Crippen LogP contribution is -2.58. The van der Waals surface area contributed by atoms with Gasteiger partial charge in [-0.05, 0) is 42.7 Å². The van der Waals surface area contributed by atoms with Crippen LogP contribution in [0.25, 0.3) is 11.0 Å². The zero-order valence-electron chi connectivity index (χ0n) is 17.6. The zero-order valence-corrected chi connectivity index (χ0v) is 17.6. The summed E-state index contributed by atoms with van der Waals surface area (Å²) in [5.74, 6) is 2.60. The average molecular weight is 419 g/mol. The van der Waals surface area contributed by atoms with Crippen molar-refractivity contribution in [3.63, 3.8) is 0 Å². The van der Waals surface area contributed by atoms with Gasteiger partial charge in [0.15, 0.2) is 0 Å². The Labute approximate surface area is 181 Å². The van der Waals surface area contributed by atoms with Gasteiger partial charge in [-0.15, -0.1) is 0 Å². The fourth-order valence-electron chi connectivity index (χ4n) is 4.74. The number of hydrogen-bond donors (Lipinski definition) is 1. The number of nitrogens with one attached hydrogen (secondary N) is 1. The number of para-hydroxylation sites is 2. The van der Waals surface area contributed by atoms with Crippen LogP contribution in [0, 0.1) is 0 Å². The van der Waals surface area contributed by atoms with Crippen LogP contribution in [-0.4, -0.2) is 60.1 Å². The van der Waals surface area contributed by atoms with E-state index in [4.69, 9.17) is 19.5 Å². The molecule has 4 heterocycles. The summed E-state index contributed by atoms with van der Waals surface area (Å²) >= 11 is 0. The molecule has 8 nitrogen and oxygen atoms in total. The quantitative estimate of drug-likeness (QED) is 0.703. The number of imidazole rings is 1. The van der Waals surface area contributed by atoms with Crippen molar-refractivity contribution in [2.75, 3.05) is 38.5 Å². The number of methoxy groups -OCH3 is 1. The minimum absolute atomic E-state index is 0.114. The Hall–Kier alpha value is -3.10. The summed E-state index contributed by atoms with van der Waals surface area (Å²) < 4.78 is 13.6. The van der Waals surface area contributed by atoms with Gasteiger partial charge in [-0.2, -0.15) is 0 Å². The average Bonchev–Trinajstić information content (AvgIpc) is 3.46. The molecule has 160 valence electrons. The van der Waals surface area contributed by atoms with Crippen molar-refractivity contribution in [2.24, 2.45) is 4.99 Å². The molecule has 1 saturated heterocycles. The number of nitrogens with zero attached hydrogens (tertiary/aromatic N) is 5. The molecule has 8 heteroatoms. The van der Waals surface area contributed by atoms with Crippen molar-refractivity contribution in [3.05, 3.63) is 54.1 Å². The standard InChI is InChI=1S/C23H26N6O2/c1-30-17-7-4-6-16(12-17)21-26-22-24-14-27(13-18-8-5-11-31-18)15-28(22)23-25-19-9-2-3-10-20(19)29(21)23/h2-4,6-7,9-10,12,18,21H,5,8,11,13-15H2,1H3,(H,24,26). The highest BCUT2D eigenvalue weighted by atomic mass is 16.5. The maximum atomic E-state index is 5.85. The van der Waals surface area contributed by atoms with E-state index >= 15 is 0 Å². The highest BCUT2D eigenvalue weighted by molar-refractivity contribution is 5.98. The molecule has 2 aromatic carbocycles. The Morgan fingerprint density at radius 2 is 2.13 bits per heavy atom. The highest BCUT2D eigenvalue weighted by Gasteiger charge is 2.36. The van der Waals surface area contributed by atoms with Gasteiger partial charge in [0.05, 0.1) is 37.6 Å². The van der Waals surface area contributed by atoms with E-state index in [-0.39, 0.29) is 6.17 Å². The predicted molar refractivity (Wildman–Crippen MR) is 119 cm³/mol. The highest BCUT2D eigenvalue weighted by Crippen LogP contribution is 2.34. The number of aliphatic imine (C=N–C) groups is 1. The van der Waals surface area contributed by atoms with Gasteiger partial charge < -0.3 is 14.8 Å². The minimum atomic E-state index is -0.114. The second-order valence-corrected chi connectivity index (χ2v) is 8.28. The number of guanidine groups is 1. The Balaban J connectivity index is 1.41. The van der Waals surface area contributed by atoms with E-state index in [1.807, 2.05) is 18.2 Å². The lowest BCUT2D eigenvalue weighted by atomic mass is 10.1. The third-order valence-electron chi connectivity index (χ3n) is 6.26. The molecule has 3 aliphatic rings. The number of anilines is 1. The van der Waals surface area contributed by atoms with Gasteiger partial charge in [0.1, 0.15) is 11.9 Å². The first-order valence-electron chi connectivity index (χ1n) is 10.8. The number of ether oxygens (including phenoxy) is 2. The zero-order chi connectivity index (χ0) is 20.8. The van der Waals surface area contributed by atoms with Crippen LogP contribution < -0.4 is 15.0 Å². The summed E-state index contributed by atoms with van der Waals surface area (Å²) in [6.45, 7) is 3.16. The number of benzene rings is 2. The lowest BCUT2D eigenvalue weighted by Gasteiger charge is -2.42. The van der Waals surface area contributed by atoms with Crippen molar-refractivity contribution in [2.45, 2.75) is 25.1 Å². The van der Waals surface area contributed by atoms with Crippen LogP contribution in [0.1, 0.15) is 24.6 Å². The maximum Gasteiger partial charge on any atom is 0.216 e. The molecule has 1 fully saturated rings. The second-order valence-electron chi connectivity index (χ2n) is 8.28. The third kappa shape index (κ3) is 3.23. The van der Waals surface area contributed by atoms with Gasteiger partial charge in [0, 0.05) is 13.2 Å².